The molecule has 0 radical (unpaired) electrons. The van der Waals surface area contributed by atoms with E-state index in [-0.39, 0.29) is 11.7 Å². The minimum Gasteiger partial charge on any atom is -0.493 e. The van der Waals surface area contributed by atoms with Crippen LogP contribution in [0.1, 0.15) is 12.5 Å². The third kappa shape index (κ3) is 5.89. The summed E-state index contributed by atoms with van der Waals surface area (Å²) in [4.78, 5) is 16.6. The number of nitrogens with zero attached hydrogens (tertiary/aromatic N) is 5. The number of aromatic nitrogens is 4. The van der Waals surface area contributed by atoms with Gasteiger partial charge in [-0.05, 0) is 37.3 Å². The molecule has 0 aliphatic rings. The molecule has 4 rings (SSSR count). The van der Waals surface area contributed by atoms with Crippen molar-refractivity contribution in [1.82, 2.24) is 25.2 Å². The quantitative estimate of drug-likeness (QED) is 0.191. The van der Waals surface area contributed by atoms with Crippen molar-refractivity contribution in [3.63, 3.8) is 0 Å². The summed E-state index contributed by atoms with van der Waals surface area (Å²) in [6.07, 6.45) is 3.37. The van der Waals surface area contributed by atoms with Gasteiger partial charge in [0.25, 0.3) is 5.91 Å². The van der Waals surface area contributed by atoms with Crippen LogP contribution in [-0.2, 0) is 4.79 Å². The first-order valence-corrected chi connectivity index (χ1v) is 12.2. The van der Waals surface area contributed by atoms with Crippen LogP contribution in [0.15, 0.2) is 77.2 Å². The summed E-state index contributed by atoms with van der Waals surface area (Å²) in [5.74, 6) is 1.84. The number of amides is 1. The van der Waals surface area contributed by atoms with E-state index >= 15 is 0 Å². The molecule has 1 amide bonds. The lowest BCUT2D eigenvalue weighted by molar-refractivity contribution is -0.118. The molecule has 4 aromatic rings. The summed E-state index contributed by atoms with van der Waals surface area (Å²) in [6, 6.07) is 17.0. The van der Waals surface area contributed by atoms with Gasteiger partial charge in [0.15, 0.2) is 22.5 Å². The van der Waals surface area contributed by atoms with Gasteiger partial charge in [-0.2, -0.15) is 5.10 Å². The zero-order chi connectivity index (χ0) is 26.2. The molecule has 0 fully saturated rings. The predicted octanol–water partition coefficient (Wildman–Crippen LogP) is 3.99. The first-order valence-electron chi connectivity index (χ1n) is 11.2. The Kier molecular flexibility index (Phi) is 8.37. The van der Waals surface area contributed by atoms with E-state index in [0.29, 0.717) is 39.5 Å². The van der Waals surface area contributed by atoms with E-state index in [1.807, 2.05) is 59.2 Å². The Labute approximate surface area is 218 Å². The fourth-order valence-electron chi connectivity index (χ4n) is 3.52. The molecule has 37 heavy (non-hydrogen) atoms. The Balaban J connectivity index is 1.62. The smallest absolute Gasteiger partial charge is 0.250 e. The van der Waals surface area contributed by atoms with Gasteiger partial charge >= 0.3 is 0 Å². The lowest BCUT2D eigenvalue weighted by Crippen LogP contribution is -2.21. The number of pyridine rings is 1. The Bertz CT molecular complexity index is 1370. The molecule has 190 valence electrons. The number of ether oxygens (including phenoxy) is 3. The van der Waals surface area contributed by atoms with Crippen LogP contribution in [0, 0.1) is 0 Å². The highest BCUT2D eigenvalue weighted by atomic mass is 32.2. The van der Waals surface area contributed by atoms with Crippen molar-refractivity contribution in [2.75, 3.05) is 27.1 Å². The van der Waals surface area contributed by atoms with E-state index in [1.165, 1.54) is 11.8 Å². The largest absolute Gasteiger partial charge is 0.493 e. The zero-order valence-corrected chi connectivity index (χ0v) is 21.7. The van der Waals surface area contributed by atoms with Crippen molar-refractivity contribution in [3.8, 4) is 34.3 Å². The SMILES string of the molecule is COc1cc(-c2nnc(SCC(=O)N/N=C(\C)c3cccnc3)n2-c2ccccc2)cc(OC)c1OC. The van der Waals surface area contributed by atoms with Gasteiger partial charge in [0.1, 0.15) is 0 Å². The van der Waals surface area contributed by atoms with Gasteiger partial charge < -0.3 is 14.2 Å². The van der Waals surface area contributed by atoms with E-state index in [2.05, 4.69) is 25.7 Å². The maximum absolute atomic E-state index is 12.6. The van der Waals surface area contributed by atoms with Gasteiger partial charge in [-0.15, -0.1) is 10.2 Å². The van der Waals surface area contributed by atoms with Crippen LogP contribution in [0.25, 0.3) is 17.1 Å². The van der Waals surface area contributed by atoms with E-state index in [9.17, 15) is 4.79 Å². The molecular formula is C26H26N6O4S. The normalized spacial score (nSPS) is 11.2. The van der Waals surface area contributed by atoms with Crippen molar-refractivity contribution in [2.24, 2.45) is 5.10 Å². The topological polar surface area (TPSA) is 113 Å². The first-order chi connectivity index (χ1) is 18.0. The Morgan fingerprint density at radius 2 is 1.73 bits per heavy atom. The van der Waals surface area contributed by atoms with Crippen molar-refractivity contribution in [3.05, 3.63) is 72.6 Å². The monoisotopic (exact) mass is 518 g/mol. The van der Waals surface area contributed by atoms with Crippen LogP contribution in [0.3, 0.4) is 0 Å². The molecule has 2 aromatic heterocycles. The second-order valence-electron chi connectivity index (χ2n) is 7.65. The van der Waals surface area contributed by atoms with Gasteiger partial charge in [-0.25, -0.2) is 5.43 Å². The number of hydrazone groups is 1. The van der Waals surface area contributed by atoms with Crippen LogP contribution >= 0.6 is 11.8 Å². The fraction of sp³-hybridized carbons (Fsp3) is 0.192. The van der Waals surface area contributed by atoms with Crippen molar-refractivity contribution in [1.29, 1.82) is 0 Å². The average molecular weight is 519 g/mol. The van der Waals surface area contributed by atoms with Crippen molar-refractivity contribution in [2.45, 2.75) is 12.1 Å². The Hall–Kier alpha value is -4.38. The van der Waals surface area contributed by atoms with E-state index in [0.717, 1.165) is 11.3 Å². The fourth-order valence-corrected chi connectivity index (χ4v) is 4.26. The minimum absolute atomic E-state index is 0.0873. The van der Waals surface area contributed by atoms with Crippen LogP contribution in [0.5, 0.6) is 17.2 Å². The standard InChI is InChI=1S/C26H26N6O4S/c1-17(18-9-8-12-27-15-18)28-29-23(33)16-37-26-31-30-25(32(26)20-10-6-5-7-11-20)19-13-21(34-2)24(36-4)22(14-19)35-3/h5-15H,16H2,1-4H3,(H,29,33)/b28-17+. The highest BCUT2D eigenvalue weighted by Gasteiger charge is 2.21. The van der Waals surface area contributed by atoms with Crippen LogP contribution in [0.2, 0.25) is 0 Å². The molecule has 2 aromatic carbocycles. The van der Waals surface area contributed by atoms with E-state index in [1.54, 1.807) is 40.6 Å². The summed E-state index contributed by atoms with van der Waals surface area (Å²) in [6.45, 7) is 1.81. The molecule has 0 spiro atoms. The number of benzene rings is 2. The number of nitrogens with one attached hydrogen (secondary N) is 1. The Morgan fingerprint density at radius 3 is 2.35 bits per heavy atom. The third-order valence-corrected chi connectivity index (χ3v) is 6.26. The molecule has 0 saturated carbocycles. The van der Waals surface area contributed by atoms with Crippen LogP contribution in [-0.4, -0.2) is 58.4 Å². The number of hydrogen-bond donors (Lipinski definition) is 1. The number of hydrogen-bond acceptors (Lipinski definition) is 9. The van der Waals surface area contributed by atoms with Gasteiger partial charge in [0, 0.05) is 29.2 Å². The molecule has 2 heterocycles. The zero-order valence-electron chi connectivity index (χ0n) is 20.8. The average Bonchev–Trinajstić information content (AvgIpc) is 3.38. The molecule has 0 unspecified atom stereocenters. The molecule has 11 heteroatoms. The molecule has 0 aliphatic heterocycles. The lowest BCUT2D eigenvalue weighted by atomic mass is 10.1. The number of carbonyl (C=O) groups is 1. The molecule has 0 saturated heterocycles. The first kappa shape index (κ1) is 25.7. The maximum atomic E-state index is 12.6. The van der Waals surface area contributed by atoms with Crippen LogP contribution in [0.4, 0.5) is 0 Å². The minimum atomic E-state index is -0.273. The van der Waals surface area contributed by atoms with Gasteiger partial charge in [0.05, 0.1) is 32.8 Å². The second kappa shape index (κ2) is 12.0. The van der Waals surface area contributed by atoms with E-state index in [4.69, 9.17) is 14.2 Å². The summed E-state index contributed by atoms with van der Waals surface area (Å²) >= 11 is 1.25. The van der Waals surface area contributed by atoms with Gasteiger partial charge in [0.2, 0.25) is 5.75 Å². The number of para-hydroxylation sites is 1. The van der Waals surface area contributed by atoms with Gasteiger partial charge in [-0.1, -0.05) is 36.0 Å². The number of methoxy groups -OCH3 is 3. The highest BCUT2D eigenvalue weighted by Crippen LogP contribution is 2.41. The van der Waals surface area contributed by atoms with E-state index < -0.39 is 0 Å². The number of carbonyl (C=O) groups excluding carboxylic acids is 1. The van der Waals surface area contributed by atoms with Crippen molar-refractivity contribution >= 4 is 23.4 Å². The Morgan fingerprint density at radius 1 is 1.00 bits per heavy atom. The lowest BCUT2D eigenvalue weighted by Gasteiger charge is -2.15. The molecule has 0 aliphatic carbocycles. The number of rotatable bonds is 10. The molecule has 10 nitrogen and oxygen atoms in total. The summed E-state index contributed by atoms with van der Waals surface area (Å²) in [5, 5.41) is 13.5. The molecule has 0 bridgehead atoms. The molecule has 0 atom stereocenters. The van der Waals surface area contributed by atoms with Crippen molar-refractivity contribution < 1.29 is 19.0 Å². The number of thioether (sulfide) groups is 1. The molecule has 1 N–H and O–H groups in total. The summed E-state index contributed by atoms with van der Waals surface area (Å²) in [5.41, 5.74) is 5.62. The van der Waals surface area contributed by atoms with Gasteiger partial charge in [-0.3, -0.25) is 14.3 Å². The predicted molar refractivity (Wildman–Crippen MR) is 142 cm³/mol. The highest BCUT2D eigenvalue weighted by molar-refractivity contribution is 7.99. The summed E-state index contributed by atoms with van der Waals surface area (Å²) < 4.78 is 18.4. The molecular weight excluding hydrogens is 492 g/mol. The second-order valence-corrected chi connectivity index (χ2v) is 8.60. The third-order valence-electron chi connectivity index (χ3n) is 5.33. The summed E-state index contributed by atoms with van der Waals surface area (Å²) in [7, 11) is 4.66. The maximum Gasteiger partial charge on any atom is 0.250 e. The van der Waals surface area contributed by atoms with Crippen LogP contribution < -0.4 is 19.6 Å².